The second kappa shape index (κ2) is 6.81. The van der Waals surface area contributed by atoms with Crippen molar-refractivity contribution in [2.75, 3.05) is 38.2 Å². The molecule has 0 amide bonds. The van der Waals surface area contributed by atoms with Gasteiger partial charge in [0, 0.05) is 31.6 Å². The van der Waals surface area contributed by atoms with Crippen molar-refractivity contribution in [3.63, 3.8) is 0 Å². The summed E-state index contributed by atoms with van der Waals surface area (Å²) in [5.74, 6) is 0.514. The number of nitrogens with one attached hydrogen (secondary N) is 1. The lowest BCUT2D eigenvalue weighted by molar-refractivity contribution is -0.180. The number of benzene rings is 1. The van der Waals surface area contributed by atoms with Gasteiger partial charge in [-0.25, -0.2) is 0 Å². The van der Waals surface area contributed by atoms with Gasteiger partial charge in [0.25, 0.3) is 0 Å². The number of hydrogen-bond acceptors (Lipinski definition) is 4. The average Bonchev–Trinajstić information content (AvgIpc) is 2.98. The van der Waals surface area contributed by atoms with E-state index < -0.39 is 0 Å². The van der Waals surface area contributed by atoms with E-state index in [-0.39, 0.29) is 5.79 Å². The third-order valence-corrected chi connectivity index (χ3v) is 4.40. The molecule has 6 heteroatoms. The lowest BCUT2D eigenvalue weighted by Crippen LogP contribution is -2.48. The zero-order chi connectivity index (χ0) is 15.4. The van der Waals surface area contributed by atoms with Gasteiger partial charge in [0.2, 0.25) is 0 Å². The highest BCUT2D eigenvalue weighted by molar-refractivity contribution is 7.80. The van der Waals surface area contributed by atoms with Crippen LogP contribution in [0.4, 0.5) is 5.69 Å². The lowest BCUT2D eigenvalue weighted by atomic mass is 10.0. The summed E-state index contributed by atoms with van der Waals surface area (Å²) in [6.07, 6.45) is 1.72. The largest absolute Gasteiger partial charge is 0.494 e. The van der Waals surface area contributed by atoms with Gasteiger partial charge in [0.15, 0.2) is 10.9 Å². The Bertz CT molecular complexity index is 505. The van der Waals surface area contributed by atoms with Gasteiger partial charge in [-0.3, -0.25) is 0 Å². The molecule has 3 rings (SSSR count). The van der Waals surface area contributed by atoms with E-state index in [4.69, 9.17) is 26.4 Å². The highest BCUT2D eigenvalue weighted by Crippen LogP contribution is 2.31. The maximum absolute atomic E-state index is 5.74. The summed E-state index contributed by atoms with van der Waals surface area (Å²) in [4.78, 5) is 2.17. The molecule has 1 spiro atoms. The fourth-order valence-corrected chi connectivity index (χ4v) is 3.14. The van der Waals surface area contributed by atoms with Gasteiger partial charge in [-0.15, -0.1) is 0 Å². The first-order valence-corrected chi connectivity index (χ1v) is 8.18. The number of anilines is 1. The molecule has 1 aromatic rings. The summed E-state index contributed by atoms with van der Waals surface area (Å²) >= 11 is 5.51. The minimum Gasteiger partial charge on any atom is -0.494 e. The van der Waals surface area contributed by atoms with Gasteiger partial charge in [0.1, 0.15) is 5.75 Å². The van der Waals surface area contributed by atoms with Gasteiger partial charge in [0.05, 0.1) is 19.8 Å². The molecule has 0 aromatic heterocycles. The molecule has 2 heterocycles. The fraction of sp³-hybridized carbons (Fsp3) is 0.562. The Labute approximate surface area is 136 Å². The molecule has 2 aliphatic rings. The molecule has 0 bridgehead atoms. The number of piperidine rings is 1. The van der Waals surface area contributed by atoms with Crippen molar-refractivity contribution in [1.29, 1.82) is 0 Å². The van der Waals surface area contributed by atoms with E-state index in [1.165, 1.54) is 0 Å². The molecule has 1 aromatic carbocycles. The maximum atomic E-state index is 5.74. The second-order valence-corrected chi connectivity index (χ2v) is 5.87. The Balaban J connectivity index is 1.52. The molecule has 0 saturated carbocycles. The first-order valence-electron chi connectivity index (χ1n) is 7.77. The van der Waals surface area contributed by atoms with Gasteiger partial charge in [-0.2, -0.15) is 0 Å². The number of rotatable bonds is 3. The summed E-state index contributed by atoms with van der Waals surface area (Å²) < 4.78 is 16.9. The van der Waals surface area contributed by atoms with Crippen LogP contribution in [0.2, 0.25) is 0 Å². The van der Waals surface area contributed by atoms with E-state index in [0.29, 0.717) is 19.8 Å². The van der Waals surface area contributed by atoms with Gasteiger partial charge >= 0.3 is 0 Å². The first-order chi connectivity index (χ1) is 10.7. The SMILES string of the molecule is CCOc1ccc(NC(=S)N2CCC3(CC2)OCCO3)cc1. The molecule has 2 saturated heterocycles. The van der Waals surface area contributed by atoms with Crippen molar-refractivity contribution in [3.05, 3.63) is 24.3 Å². The minimum atomic E-state index is -0.356. The summed E-state index contributed by atoms with van der Waals surface area (Å²) in [7, 11) is 0. The van der Waals surface area contributed by atoms with Crippen LogP contribution in [-0.2, 0) is 9.47 Å². The minimum absolute atomic E-state index is 0.356. The van der Waals surface area contributed by atoms with E-state index in [2.05, 4.69) is 10.2 Å². The molecule has 2 fully saturated rings. The van der Waals surface area contributed by atoms with Crippen LogP contribution in [0, 0.1) is 0 Å². The van der Waals surface area contributed by atoms with Gasteiger partial charge in [-0.05, 0) is 43.4 Å². The Morgan fingerprint density at radius 1 is 1.23 bits per heavy atom. The third kappa shape index (κ3) is 3.51. The molecule has 1 N–H and O–H groups in total. The Hall–Kier alpha value is -1.37. The zero-order valence-electron chi connectivity index (χ0n) is 12.8. The fourth-order valence-electron chi connectivity index (χ4n) is 2.84. The molecular formula is C16H22N2O3S. The van der Waals surface area contributed by atoms with Crippen molar-refractivity contribution in [3.8, 4) is 5.75 Å². The Kier molecular flexibility index (Phi) is 4.81. The molecule has 22 heavy (non-hydrogen) atoms. The molecule has 0 unspecified atom stereocenters. The van der Waals surface area contributed by atoms with E-state index in [9.17, 15) is 0 Å². The maximum Gasteiger partial charge on any atom is 0.173 e. The number of thiocarbonyl (C=S) groups is 1. The van der Waals surface area contributed by atoms with Crippen LogP contribution >= 0.6 is 12.2 Å². The topological polar surface area (TPSA) is 43.0 Å². The second-order valence-electron chi connectivity index (χ2n) is 5.48. The predicted octanol–water partition coefficient (Wildman–Crippen LogP) is 2.62. The van der Waals surface area contributed by atoms with E-state index >= 15 is 0 Å². The Morgan fingerprint density at radius 3 is 2.45 bits per heavy atom. The summed E-state index contributed by atoms with van der Waals surface area (Å²) in [6, 6.07) is 7.84. The lowest BCUT2D eigenvalue weighted by Gasteiger charge is -2.38. The van der Waals surface area contributed by atoms with Crippen LogP contribution in [0.3, 0.4) is 0 Å². The number of likely N-dealkylation sites (tertiary alicyclic amines) is 1. The van der Waals surface area contributed by atoms with Crippen LogP contribution in [0.1, 0.15) is 19.8 Å². The van der Waals surface area contributed by atoms with Crippen LogP contribution < -0.4 is 10.1 Å². The van der Waals surface area contributed by atoms with Crippen molar-refractivity contribution in [2.24, 2.45) is 0 Å². The van der Waals surface area contributed by atoms with E-state index in [0.717, 1.165) is 42.5 Å². The monoisotopic (exact) mass is 322 g/mol. The Morgan fingerprint density at radius 2 is 1.86 bits per heavy atom. The van der Waals surface area contributed by atoms with Crippen LogP contribution in [-0.4, -0.2) is 48.7 Å². The zero-order valence-corrected chi connectivity index (χ0v) is 13.7. The average molecular weight is 322 g/mol. The molecule has 120 valence electrons. The van der Waals surface area contributed by atoms with Gasteiger partial charge in [-0.1, -0.05) is 0 Å². The van der Waals surface area contributed by atoms with E-state index in [1.807, 2.05) is 31.2 Å². The molecule has 0 aliphatic carbocycles. The predicted molar refractivity (Wildman–Crippen MR) is 89.3 cm³/mol. The molecule has 5 nitrogen and oxygen atoms in total. The van der Waals surface area contributed by atoms with Crippen LogP contribution in [0.15, 0.2) is 24.3 Å². The normalized spacial score (nSPS) is 20.1. The van der Waals surface area contributed by atoms with Gasteiger partial charge < -0.3 is 24.4 Å². The number of hydrogen-bond donors (Lipinski definition) is 1. The number of ether oxygens (including phenoxy) is 3. The smallest absolute Gasteiger partial charge is 0.173 e. The summed E-state index contributed by atoms with van der Waals surface area (Å²) in [5, 5.41) is 4.03. The summed E-state index contributed by atoms with van der Waals surface area (Å²) in [6.45, 7) is 5.75. The van der Waals surface area contributed by atoms with Crippen molar-refractivity contribution in [1.82, 2.24) is 4.90 Å². The summed E-state index contributed by atoms with van der Waals surface area (Å²) in [5.41, 5.74) is 0.974. The highest BCUT2D eigenvalue weighted by atomic mass is 32.1. The quantitative estimate of drug-likeness (QED) is 0.863. The van der Waals surface area contributed by atoms with Crippen LogP contribution in [0.5, 0.6) is 5.75 Å². The van der Waals surface area contributed by atoms with Crippen molar-refractivity contribution in [2.45, 2.75) is 25.6 Å². The third-order valence-electron chi connectivity index (χ3n) is 4.04. The van der Waals surface area contributed by atoms with Crippen LogP contribution in [0.25, 0.3) is 0 Å². The van der Waals surface area contributed by atoms with E-state index in [1.54, 1.807) is 0 Å². The molecule has 0 atom stereocenters. The first kappa shape index (κ1) is 15.5. The molecule has 0 radical (unpaired) electrons. The molecule has 2 aliphatic heterocycles. The van der Waals surface area contributed by atoms with Crippen molar-refractivity contribution >= 4 is 23.0 Å². The number of nitrogens with zero attached hydrogens (tertiary/aromatic N) is 1. The highest BCUT2D eigenvalue weighted by Gasteiger charge is 2.40. The van der Waals surface area contributed by atoms with Crippen molar-refractivity contribution < 1.29 is 14.2 Å². The standard InChI is InChI=1S/C16H22N2O3S/c1-2-19-14-5-3-13(4-6-14)17-15(22)18-9-7-16(8-10-18)20-11-12-21-16/h3-6H,2,7-12H2,1H3,(H,17,22). The molecular weight excluding hydrogens is 300 g/mol.